The maximum absolute atomic E-state index is 13.2. The molecule has 0 unspecified atom stereocenters. The largest absolute Gasteiger partial charge is 0.416 e. The number of hydrogen-bond acceptors (Lipinski definition) is 5. The number of carbonyl (C=O) groups excluding carboxylic acids is 1. The van der Waals surface area contributed by atoms with Crippen molar-refractivity contribution in [2.24, 2.45) is 0 Å². The molecule has 39 heavy (non-hydrogen) atoms. The van der Waals surface area contributed by atoms with E-state index in [4.69, 9.17) is 0 Å². The van der Waals surface area contributed by atoms with Crippen molar-refractivity contribution in [3.63, 3.8) is 0 Å². The van der Waals surface area contributed by atoms with Crippen LogP contribution in [0.25, 0.3) is 11.3 Å². The van der Waals surface area contributed by atoms with E-state index in [1.165, 1.54) is 40.9 Å². The Morgan fingerprint density at radius 2 is 1.67 bits per heavy atom. The molecule has 0 radical (unpaired) electrons. The van der Waals surface area contributed by atoms with Crippen molar-refractivity contribution < 1.29 is 22.4 Å². The number of likely N-dealkylation sites (N-methyl/N-ethyl adjacent to an activating group) is 1. The Bertz CT molecular complexity index is 1500. The number of aromatic nitrogens is 3. The van der Waals surface area contributed by atoms with Gasteiger partial charge in [0.15, 0.2) is 5.16 Å². The van der Waals surface area contributed by atoms with Crippen LogP contribution in [-0.4, -0.2) is 32.4 Å². The Morgan fingerprint density at radius 1 is 1.00 bits per heavy atom. The maximum atomic E-state index is 13.2. The SMILES string of the molecule is Cc1cn(CC(=O)N(C)Cc2ccc(-c3ccc(C(F)(F)F)cc3)nc2)c(SCc2ccc(F)cc2)nc1=O. The van der Waals surface area contributed by atoms with Crippen LogP contribution in [-0.2, 0) is 29.8 Å². The number of benzene rings is 2. The first-order chi connectivity index (χ1) is 18.5. The van der Waals surface area contributed by atoms with Crippen LogP contribution >= 0.6 is 11.8 Å². The van der Waals surface area contributed by atoms with E-state index in [9.17, 15) is 27.2 Å². The molecule has 202 valence electrons. The molecule has 0 aliphatic heterocycles. The van der Waals surface area contributed by atoms with E-state index in [0.29, 0.717) is 27.7 Å². The molecule has 11 heteroatoms. The molecule has 0 aliphatic carbocycles. The van der Waals surface area contributed by atoms with Gasteiger partial charge in [-0.15, -0.1) is 0 Å². The maximum Gasteiger partial charge on any atom is 0.416 e. The topological polar surface area (TPSA) is 68.1 Å². The minimum Gasteiger partial charge on any atom is -0.340 e. The molecule has 0 atom stereocenters. The van der Waals surface area contributed by atoms with Crippen molar-refractivity contribution in [2.75, 3.05) is 7.05 Å². The second kappa shape index (κ2) is 11.8. The minimum absolute atomic E-state index is 0.0482. The zero-order valence-corrected chi connectivity index (χ0v) is 21.9. The van der Waals surface area contributed by atoms with E-state index in [-0.39, 0.29) is 30.4 Å². The van der Waals surface area contributed by atoms with Gasteiger partial charge in [-0.05, 0) is 48.4 Å². The van der Waals surface area contributed by atoms with Crippen molar-refractivity contribution in [3.05, 3.63) is 111 Å². The first-order valence-corrected chi connectivity index (χ1v) is 12.8. The molecule has 4 rings (SSSR count). The van der Waals surface area contributed by atoms with Crippen molar-refractivity contribution in [1.29, 1.82) is 0 Å². The fourth-order valence-corrected chi connectivity index (χ4v) is 4.61. The lowest BCUT2D eigenvalue weighted by molar-refractivity contribution is -0.137. The van der Waals surface area contributed by atoms with Crippen molar-refractivity contribution >= 4 is 17.7 Å². The quantitative estimate of drug-likeness (QED) is 0.158. The minimum atomic E-state index is -4.40. The van der Waals surface area contributed by atoms with Crippen LogP contribution in [0.1, 0.15) is 22.3 Å². The van der Waals surface area contributed by atoms with Crippen molar-refractivity contribution in [2.45, 2.75) is 37.1 Å². The molecule has 4 aromatic rings. The summed E-state index contributed by atoms with van der Waals surface area (Å²) in [4.78, 5) is 35.1. The highest BCUT2D eigenvalue weighted by Crippen LogP contribution is 2.30. The number of thioether (sulfide) groups is 1. The van der Waals surface area contributed by atoms with Crippen LogP contribution in [0.15, 0.2) is 83.0 Å². The molecule has 0 N–H and O–H groups in total. The van der Waals surface area contributed by atoms with Gasteiger partial charge in [0, 0.05) is 42.9 Å². The molecule has 2 aromatic heterocycles. The zero-order valence-electron chi connectivity index (χ0n) is 21.1. The van der Waals surface area contributed by atoms with Gasteiger partial charge in [0.25, 0.3) is 5.56 Å². The second-order valence-corrected chi connectivity index (χ2v) is 9.87. The van der Waals surface area contributed by atoms with Gasteiger partial charge in [-0.25, -0.2) is 4.39 Å². The average molecular weight is 557 g/mol. The lowest BCUT2D eigenvalue weighted by atomic mass is 10.1. The zero-order chi connectivity index (χ0) is 28.2. The van der Waals surface area contributed by atoms with Gasteiger partial charge in [-0.2, -0.15) is 18.2 Å². The summed E-state index contributed by atoms with van der Waals surface area (Å²) in [6, 6.07) is 14.2. The first-order valence-electron chi connectivity index (χ1n) is 11.8. The lowest BCUT2D eigenvalue weighted by Gasteiger charge is -2.19. The molecule has 2 aromatic carbocycles. The highest BCUT2D eigenvalue weighted by molar-refractivity contribution is 7.98. The summed E-state index contributed by atoms with van der Waals surface area (Å²) in [6.45, 7) is 1.83. The summed E-state index contributed by atoms with van der Waals surface area (Å²) >= 11 is 1.27. The summed E-state index contributed by atoms with van der Waals surface area (Å²) in [6.07, 6.45) is -1.24. The predicted molar refractivity (Wildman–Crippen MR) is 140 cm³/mol. The number of carbonyl (C=O) groups is 1. The molecular formula is C28H24F4N4O2S. The van der Waals surface area contributed by atoms with Gasteiger partial charge in [-0.3, -0.25) is 14.6 Å². The van der Waals surface area contributed by atoms with E-state index in [0.717, 1.165) is 23.3 Å². The molecule has 2 heterocycles. The van der Waals surface area contributed by atoms with E-state index in [2.05, 4.69) is 9.97 Å². The number of amides is 1. The monoisotopic (exact) mass is 556 g/mol. The van der Waals surface area contributed by atoms with Crippen molar-refractivity contribution in [1.82, 2.24) is 19.4 Å². The number of alkyl halides is 3. The molecule has 0 aliphatic rings. The third-order valence-electron chi connectivity index (χ3n) is 5.89. The number of hydrogen-bond donors (Lipinski definition) is 0. The Morgan fingerprint density at radius 3 is 2.28 bits per heavy atom. The normalized spacial score (nSPS) is 11.4. The summed E-state index contributed by atoms with van der Waals surface area (Å²) in [5, 5.41) is 0.374. The lowest BCUT2D eigenvalue weighted by Crippen LogP contribution is -2.31. The van der Waals surface area contributed by atoms with Crippen molar-refractivity contribution in [3.8, 4) is 11.3 Å². The summed E-state index contributed by atoms with van der Waals surface area (Å²) in [5.41, 5.74) is 1.94. The average Bonchev–Trinajstić information content (AvgIpc) is 2.90. The molecule has 1 amide bonds. The van der Waals surface area contributed by atoms with Crippen LogP contribution in [0.2, 0.25) is 0 Å². The summed E-state index contributed by atoms with van der Waals surface area (Å²) in [7, 11) is 1.64. The number of rotatable bonds is 8. The Labute approximate surface area is 226 Å². The number of aryl methyl sites for hydroxylation is 1. The summed E-state index contributed by atoms with van der Waals surface area (Å²) < 4.78 is 53.2. The van der Waals surface area contributed by atoms with E-state index >= 15 is 0 Å². The molecule has 0 spiro atoms. The third-order valence-corrected chi connectivity index (χ3v) is 6.96. The van der Waals surface area contributed by atoms with Crippen LogP contribution in [0, 0.1) is 12.7 Å². The standard InChI is InChI=1S/C28H24F4N4O2S/c1-18-14-36(27(34-26(18)38)39-17-19-3-10-23(29)11-4-19)16-25(37)35(2)15-20-5-12-24(33-13-20)21-6-8-22(9-7-21)28(30,31)32/h3-14H,15-17H2,1-2H3. The fourth-order valence-electron chi connectivity index (χ4n) is 3.69. The number of halogens is 4. The fraction of sp³-hybridized carbons (Fsp3) is 0.214. The molecule has 0 saturated carbocycles. The Hall–Kier alpha value is -3.99. The first kappa shape index (κ1) is 28.0. The van der Waals surface area contributed by atoms with Gasteiger partial charge >= 0.3 is 6.18 Å². The number of nitrogens with zero attached hydrogens (tertiary/aromatic N) is 4. The third kappa shape index (κ3) is 7.32. The molecule has 0 bridgehead atoms. The second-order valence-electron chi connectivity index (χ2n) is 8.93. The molecule has 0 fully saturated rings. The highest BCUT2D eigenvalue weighted by atomic mass is 32.2. The van der Waals surface area contributed by atoms with Crippen LogP contribution < -0.4 is 5.56 Å². The van der Waals surface area contributed by atoms with Gasteiger partial charge in [0.05, 0.1) is 11.3 Å². The Kier molecular flexibility index (Phi) is 8.49. The van der Waals surface area contributed by atoms with Crippen LogP contribution in [0.5, 0.6) is 0 Å². The van der Waals surface area contributed by atoms with Crippen LogP contribution in [0.4, 0.5) is 17.6 Å². The van der Waals surface area contributed by atoms with E-state index in [1.54, 1.807) is 55.2 Å². The van der Waals surface area contributed by atoms with E-state index < -0.39 is 11.7 Å². The Balaban J connectivity index is 1.41. The summed E-state index contributed by atoms with van der Waals surface area (Å²) in [5.74, 6) is -0.126. The number of pyridine rings is 1. The van der Waals surface area contributed by atoms with E-state index in [1.807, 2.05) is 0 Å². The van der Waals surface area contributed by atoms with Gasteiger partial charge in [0.2, 0.25) is 5.91 Å². The van der Waals surface area contributed by atoms with Crippen LogP contribution in [0.3, 0.4) is 0 Å². The highest BCUT2D eigenvalue weighted by Gasteiger charge is 2.30. The predicted octanol–water partition coefficient (Wildman–Crippen LogP) is 5.72. The molecule has 6 nitrogen and oxygen atoms in total. The molecule has 0 saturated heterocycles. The smallest absolute Gasteiger partial charge is 0.340 e. The van der Waals surface area contributed by atoms with Gasteiger partial charge in [-0.1, -0.05) is 42.1 Å². The van der Waals surface area contributed by atoms with Gasteiger partial charge in [0.1, 0.15) is 12.4 Å². The van der Waals surface area contributed by atoms with Gasteiger partial charge < -0.3 is 9.47 Å². The molecular weight excluding hydrogens is 532 g/mol.